The largest absolute Gasteiger partial charge is 0.464 e. The molecular weight excluding hydrogens is 313 g/mol. The fraction of sp³-hybridized carbons (Fsp3) is 0.214. The number of aryl methyl sites for hydroxylation is 1. The molecule has 2 rings (SSSR count). The fourth-order valence-electron chi connectivity index (χ4n) is 1.89. The van der Waals surface area contributed by atoms with Gasteiger partial charge in [0.2, 0.25) is 0 Å². The van der Waals surface area contributed by atoms with Crippen LogP contribution < -0.4 is 5.32 Å². The topological polar surface area (TPSA) is 73.2 Å². The van der Waals surface area contributed by atoms with Crippen LogP contribution in [0.4, 0.5) is 10.1 Å². The van der Waals surface area contributed by atoms with Gasteiger partial charge in [-0.25, -0.2) is 9.18 Å². The Kier molecular flexibility index (Phi) is 4.46. The number of rotatable bonds is 3. The summed E-state index contributed by atoms with van der Waals surface area (Å²) in [7, 11) is 2.80. The number of amides is 1. The average Bonchev–Trinajstić information content (AvgIpc) is 2.74. The molecule has 0 saturated carbocycles. The minimum Gasteiger partial charge on any atom is -0.464 e. The molecule has 1 aromatic carbocycles. The lowest BCUT2D eigenvalue weighted by Crippen LogP contribution is -2.17. The lowest BCUT2D eigenvalue weighted by Gasteiger charge is -2.08. The van der Waals surface area contributed by atoms with Gasteiger partial charge in [0.05, 0.1) is 29.1 Å². The number of carbonyl (C=O) groups is 2. The number of nitrogens with one attached hydrogen (secondary N) is 1. The summed E-state index contributed by atoms with van der Waals surface area (Å²) in [6, 6.07) is 3.92. The Bertz CT molecular complexity index is 738. The molecule has 0 bridgehead atoms. The van der Waals surface area contributed by atoms with Gasteiger partial charge in [0, 0.05) is 7.05 Å². The number of hydrogen-bond donors (Lipinski definition) is 1. The molecule has 0 fully saturated rings. The van der Waals surface area contributed by atoms with Gasteiger partial charge in [-0.05, 0) is 19.1 Å². The van der Waals surface area contributed by atoms with Crippen molar-refractivity contribution < 1.29 is 18.7 Å². The van der Waals surface area contributed by atoms with Gasteiger partial charge in [0.25, 0.3) is 5.91 Å². The second kappa shape index (κ2) is 6.15. The highest BCUT2D eigenvalue weighted by Gasteiger charge is 2.24. The molecule has 1 heterocycles. The molecule has 0 radical (unpaired) electrons. The van der Waals surface area contributed by atoms with Crippen LogP contribution in [0.1, 0.15) is 26.5 Å². The highest BCUT2D eigenvalue weighted by Crippen LogP contribution is 2.24. The van der Waals surface area contributed by atoms with Gasteiger partial charge in [-0.2, -0.15) is 5.10 Å². The maximum Gasteiger partial charge on any atom is 0.360 e. The van der Waals surface area contributed by atoms with E-state index in [-0.39, 0.29) is 22.0 Å². The van der Waals surface area contributed by atoms with Crippen molar-refractivity contribution in [3.05, 3.63) is 46.0 Å². The van der Waals surface area contributed by atoms with Crippen molar-refractivity contribution in [1.29, 1.82) is 0 Å². The molecule has 8 heteroatoms. The predicted octanol–water partition coefficient (Wildman–Crippen LogP) is 2.56. The van der Waals surface area contributed by atoms with Gasteiger partial charge in [0.15, 0.2) is 5.69 Å². The molecule has 0 spiro atoms. The van der Waals surface area contributed by atoms with E-state index < -0.39 is 17.7 Å². The molecule has 0 aliphatic rings. The van der Waals surface area contributed by atoms with Crippen molar-refractivity contribution in [2.24, 2.45) is 7.05 Å². The summed E-state index contributed by atoms with van der Waals surface area (Å²) < 4.78 is 19.8. The first kappa shape index (κ1) is 16.0. The molecule has 0 aliphatic heterocycles. The second-order valence-corrected chi connectivity index (χ2v) is 4.88. The van der Waals surface area contributed by atoms with Gasteiger partial charge in [-0.1, -0.05) is 17.7 Å². The maximum absolute atomic E-state index is 13.8. The third kappa shape index (κ3) is 2.80. The normalized spacial score (nSPS) is 10.4. The van der Waals surface area contributed by atoms with Crippen LogP contribution in [0.2, 0.25) is 5.02 Å². The Labute approximate surface area is 130 Å². The van der Waals surface area contributed by atoms with Gasteiger partial charge in [0.1, 0.15) is 5.82 Å². The van der Waals surface area contributed by atoms with Gasteiger partial charge in [-0.15, -0.1) is 0 Å². The van der Waals surface area contributed by atoms with Crippen molar-refractivity contribution in [2.45, 2.75) is 6.92 Å². The third-order valence-electron chi connectivity index (χ3n) is 3.14. The summed E-state index contributed by atoms with van der Waals surface area (Å²) in [5.74, 6) is -2.24. The van der Waals surface area contributed by atoms with E-state index in [1.165, 1.54) is 23.9 Å². The van der Waals surface area contributed by atoms with E-state index >= 15 is 0 Å². The number of hydrogen-bond acceptors (Lipinski definition) is 4. The fourth-order valence-corrected chi connectivity index (χ4v) is 2.14. The Balaban J connectivity index is 2.43. The first-order valence-corrected chi connectivity index (χ1v) is 6.61. The van der Waals surface area contributed by atoms with Crippen LogP contribution in [0.15, 0.2) is 18.2 Å². The second-order valence-electron chi connectivity index (χ2n) is 4.47. The van der Waals surface area contributed by atoms with Crippen molar-refractivity contribution in [1.82, 2.24) is 9.78 Å². The van der Waals surface area contributed by atoms with Crippen molar-refractivity contribution in [3.63, 3.8) is 0 Å². The molecule has 0 saturated heterocycles. The molecule has 2 aromatic rings. The standard InChI is InChI=1S/C14H13ClFN3O3/c1-7-11(12(14(21)22-3)18-19(7)2)17-13(20)10-8(15)5-4-6-9(10)16/h4-6H,1-3H3,(H,17,20). The summed E-state index contributed by atoms with van der Waals surface area (Å²) in [5.41, 5.74) is 0.298. The highest BCUT2D eigenvalue weighted by molar-refractivity contribution is 6.34. The van der Waals surface area contributed by atoms with Crippen molar-refractivity contribution in [3.8, 4) is 0 Å². The molecular formula is C14H13ClFN3O3. The van der Waals surface area contributed by atoms with E-state index in [2.05, 4.69) is 15.2 Å². The van der Waals surface area contributed by atoms with Crippen molar-refractivity contribution >= 4 is 29.2 Å². The third-order valence-corrected chi connectivity index (χ3v) is 3.46. The minimum atomic E-state index is -0.774. The number of nitrogens with zero attached hydrogens (tertiary/aromatic N) is 2. The zero-order valence-electron chi connectivity index (χ0n) is 12.1. The number of methoxy groups -OCH3 is 1. The summed E-state index contributed by atoms with van der Waals surface area (Å²) in [6.07, 6.45) is 0. The van der Waals surface area contributed by atoms with Gasteiger partial charge in [-0.3, -0.25) is 9.48 Å². The summed E-state index contributed by atoms with van der Waals surface area (Å²) in [4.78, 5) is 24.0. The minimum absolute atomic E-state index is 0.0290. The Morgan fingerprint density at radius 3 is 2.68 bits per heavy atom. The molecule has 0 aliphatic carbocycles. The lowest BCUT2D eigenvalue weighted by molar-refractivity contribution is 0.0594. The van der Waals surface area contributed by atoms with Crippen LogP contribution in [0.25, 0.3) is 0 Å². The Hall–Kier alpha value is -2.41. The van der Waals surface area contributed by atoms with Gasteiger partial charge < -0.3 is 10.1 Å². The van der Waals surface area contributed by atoms with Crippen LogP contribution in [-0.4, -0.2) is 28.8 Å². The van der Waals surface area contributed by atoms with Crippen LogP contribution in [0, 0.1) is 12.7 Å². The van der Waals surface area contributed by atoms with E-state index in [0.29, 0.717) is 5.69 Å². The zero-order valence-corrected chi connectivity index (χ0v) is 12.9. The molecule has 22 heavy (non-hydrogen) atoms. The smallest absolute Gasteiger partial charge is 0.360 e. The number of aromatic nitrogens is 2. The molecule has 0 unspecified atom stereocenters. The number of esters is 1. The zero-order chi connectivity index (χ0) is 16.4. The summed E-state index contributed by atoms with van der Waals surface area (Å²) in [5, 5.41) is 6.41. The van der Waals surface area contributed by atoms with Crippen LogP contribution in [0.5, 0.6) is 0 Å². The summed E-state index contributed by atoms with van der Waals surface area (Å²) >= 11 is 5.85. The number of anilines is 1. The number of halogens is 2. The van der Waals surface area contributed by atoms with E-state index in [0.717, 1.165) is 6.07 Å². The molecule has 6 nitrogen and oxygen atoms in total. The van der Waals surface area contributed by atoms with E-state index in [1.54, 1.807) is 14.0 Å². The quantitative estimate of drug-likeness (QED) is 0.880. The Morgan fingerprint density at radius 1 is 1.41 bits per heavy atom. The Morgan fingerprint density at radius 2 is 2.09 bits per heavy atom. The van der Waals surface area contributed by atoms with Gasteiger partial charge >= 0.3 is 5.97 Å². The first-order valence-electron chi connectivity index (χ1n) is 6.24. The van der Waals surface area contributed by atoms with Crippen LogP contribution in [0.3, 0.4) is 0 Å². The predicted molar refractivity (Wildman–Crippen MR) is 78.6 cm³/mol. The molecule has 1 N–H and O–H groups in total. The van der Waals surface area contributed by atoms with E-state index in [9.17, 15) is 14.0 Å². The van der Waals surface area contributed by atoms with Crippen LogP contribution >= 0.6 is 11.6 Å². The SMILES string of the molecule is COC(=O)c1nn(C)c(C)c1NC(=O)c1c(F)cccc1Cl. The molecule has 0 atom stereocenters. The van der Waals surface area contributed by atoms with Crippen molar-refractivity contribution in [2.75, 3.05) is 12.4 Å². The molecule has 1 aromatic heterocycles. The highest BCUT2D eigenvalue weighted by atomic mass is 35.5. The average molecular weight is 326 g/mol. The summed E-state index contributed by atoms with van der Waals surface area (Å²) in [6.45, 7) is 1.65. The molecule has 1 amide bonds. The van der Waals surface area contributed by atoms with E-state index in [1.807, 2.05) is 0 Å². The molecule has 116 valence electrons. The first-order chi connectivity index (χ1) is 10.4. The monoisotopic (exact) mass is 325 g/mol. The number of ether oxygens (including phenoxy) is 1. The number of carbonyl (C=O) groups excluding carboxylic acids is 2. The lowest BCUT2D eigenvalue weighted by atomic mass is 10.2. The van der Waals surface area contributed by atoms with Crippen LogP contribution in [-0.2, 0) is 11.8 Å². The maximum atomic E-state index is 13.8. The number of benzene rings is 1. The van der Waals surface area contributed by atoms with E-state index in [4.69, 9.17) is 11.6 Å².